The Labute approximate surface area is 90.5 Å². The van der Waals surface area contributed by atoms with Gasteiger partial charge >= 0.3 is 0 Å². The van der Waals surface area contributed by atoms with E-state index in [2.05, 4.69) is 23.8 Å². The van der Waals surface area contributed by atoms with Crippen LogP contribution in [0, 0.1) is 0 Å². The minimum absolute atomic E-state index is 0.993. The molecule has 2 nitrogen and oxygen atoms in total. The van der Waals surface area contributed by atoms with Crippen LogP contribution < -0.4 is 0 Å². The summed E-state index contributed by atoms with van der Waals surface area (Å²) in [6.07, 6.45) is 5.11. The number of thioether (sulfide) groups is 1. The standard InChI is InChI=1S/C11H18N2S/c1-3-8-14-9-6-11-12-7-5-10(4-2)13-11/h5,7H,3-4,6,8-9H2,1-2H3. The molecule has 0 atom stereocenters. The van der Waals surface area contributed by atoms with E-state index in [0.29, 0.717) is 0 Å². The van der Waals surface area contributed by atoms with Gasteiger partial charge in [-0.25, -0.2) is 9.97 Å². The summed E-state index contributed by atoms with van der Waals surface area (Å²) in [5, 5.41) is 0. The van der Waals surface area contributed by atoms with Crippen LogP contribution in [0.1, 0.15) is 31.8 Å². The summed E-state index contributed by atoms with van der Waals surface area (Å²) >= 11 is 1.98. The molecule has 0 unspecified atom stereocenters. The largest absolute Gasteiger partial charge is 0.241 e. The minimum atomic E-state index is 0.993. The van der Waals surface area contributed by atoms with E-state index < -0.39 is 0 Å². The van der Waals surface area contributed by atoms with E-state index in [1.807, 2.05) is 24.0 Å². The molecule has 1 aromatic heterocycles. The highest BCUT2D eigenvalue weighted by Crippen LogP contribution is 2.05. The Balaban J connectivity index is 2.34. The summed E-state index contributed by atoms with van der Waals surface area (Å²) in [5.41, 5.74) is 1.15. The summed E-state index contributed by atoms with van der Waals surface area (Å²) in [6, 6.07) is 1.99. The lowest BCUT2D eigenvalue weighted by molar-refractivity contribution is 0.892. The highest BCUT2D eigenvalue weighted by molar-refractivity contribution is 7.99. The molecule has 0 saturated carbocycles. The zero-order valence-electron chi connectivity index (χ0n) is 8.99. The summed E-state index contributed by atoms with van der Waals surface area (Å²) in [4.78, 5) is 8.72. The molecule has 0 aromatic carbocycles. The highest BCUT2D eigenvalue weighted by Gasteiger charge is 1.97. The van der Waals surface area contributed by atoms with E-state index in [4.69, 9.17) is 0 Å². The number of aromatic nitrogens is 2. The van der Waals surface area contributed by atoms with Crippen molar-refractivity contribution in [2.45, 2.75) is 33.1 Å². The molecule has 1 rings (SSSR count). The number of hydrogen-bond donors (Lipinski definition) is 0. The quantitative estimate of drug-likeness (QED) is 0.675. The van der Waals surface area contributed by atoms with E-state index in [1.165, 1.54) is 12.2 Å². The first-order chi connectivity index (χ1) is 6.86. The molecule has 0 N–H and O–H groups in total. The van der Waals surface area contributed by atoms with Crippen LogP contribution in [-0.4, -0.2) is 21.5 Å². The van der Waals surface area contributed by atoms with Crippen molar-refractivity contribution in [3.63, 3.8) is 0 Å². The van der Waals surface area contributed by atoms with Crippen molar-refractivity contribution in [3.05, 3.63) is 23.8 Å². The molecule has 3 heteroatoms. The second-order valence-corrected chi connectivity index (χ2v) is 4.40. The average molecular weight is 210 g/mol. The number of rotatable bonds is 6. The third-order valence-electron chi connectivity index (χ3n) is 1.94. The third kappa shape index (κ3) is 4.09. The van der Waals surface area contributed by atoms with Crippen molar-refractivity contribution >= 4 is 11.8 Å². The lowest BCUT2D eigenvalue weighted by Gasteiger charge is -2.01. The molecule has 78 valence electrons. The Hall–Kier alpha value is -0.570. The van der Waals surface area contributed by atoms with Crippen LogP contribution in [0.2, 0.25) is 0 Å². The topological polar surface area (TPSA) is 25.8 Å². The SMILES string of the molecule is CCCSCCc1nccc(CC)n1. The zero-order valence-corrected chi connectivity index (χ0v) is 9.81. The van der Waals surface area contributed by atoms with Crippen LogP contribution in [0.5, 0.6) is 0 Å². The molecule has 0 spiro atoms. The molecule has 0 saturated heterocycles. The molecule has 0 aliphatic heterocycles. The Kier molecular flexibility index (Phi) is 5.60. The van der Waals surface area contributed by atoms with Gasteiger partial charge in [0.25, 0.3) is 0 Å². The van der Waals surface area contributed by atoms with E-state index >= 15 is 0 Å². The van der Waals surface area contributed by atoms with E-state index in [-0.39, 0.29) is 0 Å². The molecule has 0 amide bonds. The van der Waals surface area contributed by atoms with Gasteiger partial charge in [-0.15, -0.1) is 0 Å². The maximum absolute atomic E-state index is 4.46. The monoisotopic (exact) mass is 210 g/mol. The first kappa shape index (κ1) is 11.5. The smallest absolute Gasteiger partial charge is 0.129 e. The van der Waals surface area contributed by atoms with Crippen LogP contribution >= 0.6 is 11.8 Å². The summed E-state index contributed by atoms with van der Waals surface area (Å²) in [6.45, 7) is 4.33. The van der Waals surface area contributed by atoms with E-state index in [9.17, 15) is 0 Å². The van der Waals surface area contributed by atoms with Crippen LogP contribution in [0.4, 0.5) is 0 Å². The van der Waals surface area contributed by atoms with Crippen molar-refractivity contribution in [1.82, 2.24) is 9.97 Å². The van der Waals surface area contributed by atoms with Gasteiger partial charge in [-0.05, 0) is 24.7 Å². The van der Waals surface area contributed by atoms with Gasteiger partial charge in [0.05, 0.1) is 0 Å². The molecule has 0 aliphatic rings. The Morgan fingerprint density at radius 1 is 1.29 bits per heavy atom. The first-order valence-electron chi connectivity index (χ1n) is 5.25. The highest BCUT2D eigenvalue weighted by atomic mass is 32.2. The van der Waals surface area contributed by atoms with E-state index in [1.54, 1.807) is 0 Å². The van der Waals surface area contributed by atoms with Gasteiger partial charge in [-0.1, -0.05) is 13.8 Å². The molecule has 14 heavy (non-hydrogen) atoms. The minimum Gasteiger partial charge on any atom is -0.241 e. The Morgan fingerprint density at radius 2 is 2.14 bits per heavy atom. The summed E-state index contributed by atoms with van der Waals surface area (Å²) < 4.78 is 0. The summed E-state index contributed by atoms with van der Waals surface area (Å²) in [7, 11) is 0. The van der Waals surface area contributed by atoms with Crippen LogP contribution in [0.15, 0.2) is 12.3 Å². The maximum atomic E-state index is 4.46. The molecule has 0 fully saturated rings. The van der Waals surface area contributed by atoms with Crippen molar-refractivity contribution in [2.75, 3.05) is 11.5 Å². The van der Waals surface area contributed by atoms with Crippen molar-refractivity contribution in [3.8, 4) is 0 Å². The first-order valence-corrected chi connectivity index (χ1v) is 6.40. The van der Waals surface area contributed by atoms with Crippen LogP contribution in [0.3, 0.4) is 0 Å². The van der Waals surface area contributed by atoms with Gasteiger partial charge in [0.2, 0.25) is 0 Å². The normalized spacial score (nSPS) is 10.4. The van der Waals surface area contributed by atoms with Gasteiger partial charge in [0.15, 0.2) is 0 Å². The van der Waals surface area contributed by atoms with Gasteiger partial charge in [0, 0.05) is 24.1 Å². The van der Waals surface area contributed by atoms with Crippen molar-refractivity contribution in [1.29, 1.82) is 0 Å². The fourth-order valence-corrected chi connectivity index (χ4v) is 1.99. The second kappa shape index (κ2) is 6.82. The molecular weight excluding hydrogens is 192 g/mol. The number of nitrogens with zero attached hydrogens (tertiary/aromatic N) is 2. The van der Waals surface area contributed by atoms with E-state index in [0.717, 1.165) is 30.1 Å². The lowest BCUT2D eigenvalue weighted by Crippen LogP contribution is -1.99. The summed E-state index contributed by atoms with van der Waals surface area (Å²) in [5.74, 6) is 3.38. The van der Waals surface area contributed by atoms with Crippen molar-refractivity contribution in [2.24, 2.45) is 0 Å². The van der Waals surface area contributed by atoms with Gasteiger partial charge in [-0.3, -0.25) is 0 Å². The number of hydrogen-bond acceptors (Lipinski definition) is 3. The molecule has 1 heterocycles. The van der Waals surface area contributed by atoms with Gasteiger partial charge in [-0.2, -0.15) is 11.8 Å². The van der Waals surface area contributed by atoms with Crippen molar-refractivity contribution < 1.29 is 0 Å². The zero-order chi connectivity index (χ0) is 10.2. The third-order valence-corrected chi connectivity index (χ3v) is 3.13. The van der Waals surface area contributed by atoms with Gasteiger partial charge < -0.3 is 0 Å². The molecule has 0 bridgehead atoms. The van der Waals surface area contributed by atoms with Crippen LogP contribution in [-0.2, 0) is 12.8 Å². The maximum Gasteiger partial charge on any atom is 0.129 e. The number of aryl methyl sites for hydroxylation is 2. The molecule has 1 aromatic rings. The van der Waals surface area contributed by atoms with Crippen LogP contribution in [0.25, 0.3) is 0 Å². The Bertz CT molecular complexity index is 263. The molecular formula is C11H18N2S. The average Bonchev–Trinajstić information content (AvgIpc) is 2.25. The predicted octanol–water partition coefficient (Wildman–Crippen LogP) is 2.72. The Morgan fingerprint density at radius 3 is 2.86 bits per heavy atom. The fraction of sp³-hybridized carbons (Fsp3) is 0.636. The second-order valence-electron chi connectivity index (χ2n) is 3.18. The lowest BCUT2D eigenvalue weighted by atomic mass is 10.3. The molecule has 0 aliphatic carbocycles. The predicted molar refractivity (Wildman–Crippen MR) is 62.7 cm³/mol. The van der Waals surface area contributed by atoms with Gasteiger partial charge in [0.1, 0.15) is 5.82 Å². The fourth-order valence-electron chi connectivity index (χ4n) is 1.17. The molecule has 0 radical (unpaired) electrons.